The van der Waals surface area contributed by atoms with Crippen molar-refractivity contribution in [2.75, 3.05) is 13.2 Å². The largest absolute Gasteiger partial charge is 0.456 e. The molecule has 3 aromatic rings. The summed E-state index contributed by atoms with van der Waals surface area (Å²) >= 11 is 0. The Bertz CT molecular complexity index is 1080. The Hall–Kier alpha value is -4.26. The van der Waals surface area contributed by atoms with Crippen molar-refractivity contribution in [3.05, 3.63) is 102 Å². The number of carbonyl (C=O) groups is 4. The molecule has 3 rings (SSSR count). The minimum absolute atomic E-state index is 0.147. The van der Waals surface area contributed by atoms with Gasteiger partial charge in [0, 0.05) is 5.56 Å². The second kappa shape index (κ2) is 11.2. The minimum Gasteiger partial charge on any atom is -0.456 e. The Morgan fingerprint density at radius 3 is 2.00 bits per heavy atom. The SMILES string of the molecule is O=C(Cc1ccccc1)NCC(=O)OCC(=O)c1ccc(OC(=O)c2ccccc2)cc1. The van der Waals surface area contributed by atoms with Crippen LogP contribution in [0.15, 0.2) is 84.9 Å². The molecule has 162 valence electrons. The molecule has 0 radical (unpaired) electrons. The van der Waals surface area contributed by atoms with Gasteiger partial charge in [-0.2, -0.15) is 0 Å². The zero-order valence-electron chi connectivity index (χ0n) is 17.2. The van der Waals surface area contributed by atoms with E-state index in [0.717, 1.165) is 5.56 Å². The molecule has 0 spiro atoms. The van der Waals surface area contributed by atoms with Crippen molar-refractivity contribution in [3.8, 4) is 5.75 Å². The van der Waals surface area contributed by atoms with Gasteiger partial charge in [0.05, 0.1) is 12.0 Å². The molecule has 0 saturated heterocycles. The molecule has 0 fully saturated rings. The number of nitrogens with one attached hydrogen (secondary N) is 1. The molecule has 32 heavy (non-hydrogen) atoms. The van der Waals surface area contributed by atoms with E-state index in [9.17, 15) is 19.2 Å². The third-order valence-corrected chi connectivity index (χ3v) is 4.40. The molecule has 0 saturated carbocycles. The summed E-state index contributed by atoms with van der Waals surface area (Å²) in [5.74, 6) is -1.68. The van der Waals surface area contributed by atoms with Gasteiger partial charge >= 0.3 is 11.9 Å². The third-order valence-electron chi connectivity index (χ3n) is 4.40. The number of carbonyl (C=O) groups excluding carboxylic acids is 4. The van der Waals surface area contributed by atoms with Crippen molar-refractivity contribution in [3.63, 3.8) is 0 Å². The Morgan fingerprint density at radius 1 is 0.719 bits per heavy atom. The maximum atomic E-state index is 12.2. The van der Waals surface area contributed by atoms with E-state index >= 15 is 0 Å². The molecule has 0 heterocycles. The van der Waals surface area contributed by atoms with Crippen molar-refractivity contribution in [2.24, 2.45) is 0 Å². The normalized spacial score (nSPS) is 10.1. The number of hydrogen-bond acceptors (Lipinski definition) is 6. The summed E-state index contributed by atoms with van der Waals surface area (Å²) in [6.45, 7) is -0.788. The number of amides is 1. The van der Waals surface area contributed by atoms with Crippen LogP contribution in [0.25, 0.3) is 0 Å². The topological polar surface area (TPSA) is 98.8 Å². The van der Waals surface area contributed by atoms with Crippen LogP contribution < -0.4 is 10.1 Å². The summed E-state index contributed by atoms with van der Waals surface area (Å²) in [7, 11) is 0. The average Bonchev–Trinajstić information content (AvgIpc) is 2.83. The Balaban J connectivity index is 1.41. The first-order valence-corrected chi connectivity index (χ1v) is 9.88. The first kappa shape index (κ1) is 22.4. The number of Topliss-reactive ketones (excluding diaryl/α,β-unsaturated/α-hetero) is 1. The predicted molar refractivity (Wildman–Crippen MR) is 116 cm³/mol. The monoisotopic (exact) mass is 431 g/mol. The number of benzene rings is 3. The molecule has 0 aliphatic heterocycles. The van der Waals surface area contributed by atoms with E-state index in [-0.39, 0.29) is 24.6 Å². The van der Waals surface area contributed by atoms with Crippen LogP contribution in [0, 0.1) is 0 Å². The van der Waals surface area contributed by atoms with E-state index in [1.807, 2.05) is 30.3 Å². The van der Waals surface area contributed by atoms with Crippen LogP contribution in [0.4, 0.5) is 0 Å². The van der Waals surface area contributed by atoms with Gasteiger partial charge in [-0.3, -0.25) is 14.4 Å². The van der Waals surface area contributed by atoms with Crippen LogP contribution in [0.5, 0.6) is 5.75 Å². The van der Waals surface area contributed by atoms with E-state index in [0.29, 0.717) is 11.1 Å². The Morgan fingerprint density at radius 2 is 1.34 bits per heavy atom. The second-order valence-electron chi connectivity index (χ2n) is 6.80. The molecule has 1 amide bonds. The molecule has 0 bridgehead atoms. The van der Waals surface area contributed by atoms with Gasteiger partial charge in [-0.05, 0) is 42.0 Å². The van der Waals surface area contributed by atoms with Crippen LogP contribution in [0.3, 0.4) is 0 Å². The smallest absolute Gasteiger partial charge is 0.343 e. The molecule has 0 aromatic heterocycles. The van der Waals surface area contributed by atoms with Gasteiger partial charge in [0.15, 0.2) is 12.4 Å². The van der Waals surface area contributed by atoms with E-state index in [2.05, 4.69) is 5.32 Å². The van der Waals surface area contributed by atoms with Gasteiger partial charge in [0.1, 0.15) is 12.3 Å². The van der Waals surface area contributed by atoms with Crippen molar-refractivity contribution < 1.29 is 28.7 Å². The van der Waals surface area contributed by atoms with Crippen LogP contribution >= 0.6 is 0 Å². The number of ketones is 1. The summed E-state index contributed by atoms with van der Waals surface area (Å²) in [5, 5.41) is 2.46. The fourth-order valence-corrected chi connectivity index (χ4v) is 2.74. The van der Waals surface area contributed by atoms with Gasteiger partial charge in [-0.15, -0.1) is 0 Å². The van der Waals surface area contributed by atoms with Crippen molar-refractivity contribution in [1.82, 2.24) is 5.32 Å². The maximum absolute atomic E-state index is 12.2. The van der Waals surface area contributed by atoms with E-state index < -0.39 is 24.3 Å². The van der Waals surface area contributed by atoms with Gasteiger partial charge in [0.2, 0.25) is 5.91 Å². The maximum Gasteiger partial charge on any atom is 0.343 e. The van der Waals surface area contributed by atoms with Gasteiger partial charge in [-0.25, -0.2) is 4.79 Å². The third kappa shape index (κ3) is 6.91. The van der Waals surface area contributed by atoms with Crippen LogP contribution in [-0.2, 0) is 20.7 Å². The fourth-order valence-electron chi connectivity index (χ4n) is 2.74. The number of esters is 2. The lowest BCUT2D eigenvalue weighted by Gasteiger charge is -2.07. The molecule has 3 aromatic carbocycles. The first-order valence-electron chi connectivity index (χ1n) is 9.88. The molecule has 7 nitrogen and oxygen atoms in total. The van der Waals surface area contributed by atoms with Crippen LogP contribution in [0.1, 0.15) is 26.3 Å². The average molecular weight is 431 g/mol. The van der Waals surface area contributed by atoms with Crippen molar-refractivity contribution >= 4 is 23.6 Å². The summed E-state index contributed by atoms with van der Waals surface area (Å²) in [6, 6.07) is 23.6. The van der Waals surface area contributed by atoms with Crippen molar-refractivity contribution in [1.29, 1.82) is 0 Å². The summed E-state index contributed by atoms with van der Waals surface area (Å²) in [4.78, 5) is 47.9. The lowest BCUT2D eigenvalue weighted by molar-refractivity contribution is -0.142. The zero-order chi connectivity index (χ0) is 22.8. The molecule has 0 unspecified atom stereocenters. The summed E-state index contributed by atoms with van der Waals surface area (Å²) in [6.07, 6.45) is 0.147. The second-order valence-corrected chi connectivity index (χ2v) is 6.80. The minimum atomic E-state index is -0.715. The van der Waals surface area contributed by atoms with Crippen LogP contribution in [0.2, 0.25) is 0 Å². The summed E-state index contributed by atoms with van der Waals surface area (Å²) < 4.78 is 10.2. The standard InChI is InChI=1S/C25H21NO6/c27-22(17-31-24(29)16-26-23(28)15-18-7-3-1-4-8-18)19-11-13-21(14-12-19)32-25(30)20-9-5-2-6-10-20/h1-14H,15-17H2,(H,26,28). The number of ether oxygens (including phenoxy) is 2. The highest BCUT2D eigenvalue weighted by Crippen LogP contribution is 2.15. The van der Waals surface area contributed by atoms with Crippen molar-refractivity contribution in [2.45, 2.75) is 6.42 Å². The Kier molecular flexibility index (Phi) is 7.86. The quantitative estimate of drug-likeness (QED) is 0.318. The predicted octanol–water partition coefficient (Wildman–Crippen LogP) is 2.99. The molecule has 0 atom stereocenters. The lowest BCUT2D eigenvalue weighted by Crippen LogP contribution is -2.32. The van der Waals surface area contributed by atoms with E-state index in [4.69, 9.17) is 9.47 Å². The van der Waals surface area contributed by atoms with Gasteiger partial charge < -0.3 is 14.8 Å². The van der Waals surface area contributed by atoms with Gasteiger partial charge in [-0.1, -0.05) is 48.5 Å². The number of hydrogen-bond donors (Lipinski definition) is 1. The highest BCUT2D eigenvalue weighted by molar-refractivity contribution is 5.98. The van der Waals surface area contributed by atoms with Gasteiger partial charge in [0.25, 0.3) is 0 Å². The molecule has 7 heteroatoms. The van der Waals surface area contributed by atoms with Crippen LogP contribution in [-0.4, -0.2) is 36.8 Å². The fraction of sp³-hybridized carbons (Fsp3) is 0.120. The molecule has 0 aliphatic rings. The molecular formula is C25H21NO6. The lowest BCUT2D eigenvalue weighted by atomic mass is 10.1. The van der Waals surface area contributed by atoms with E-state index in [1.54, 1.807) is 30.3 Å². The first-order chi connectivity index (χ1) is 15.5. The van der Waals surface area contributed by atoms with E-state index in [1.165, 1.54) is 24.3 Å². The number of rotatable bonds is 9. The highest BCUT2D eigenvalue weighted by Gasteiger charge is 2.13. The summed E-state index contributed by atoms with van der Waals surface area (Å²) in [5.41, 5.74) is 1.53. The molecule has 1 N–H and O–H groups in total. The Labute approximate surface area is 185 Å². The molecular weight excluding hydrogens is 410 g/mol. The highest BCUT2D eigenvalue weighted by atomic mass is 16.5. The zero-order valence-corrected chi connectivity index (χ0v) is 17.2. The molecule has 0 aliphatic carbocycles.